The molecule has 0 N–H and O–H groups in total. The quantitative estimate of drug-likeness (QED) is 0.488. The molecule has 0 aliphatic heterocycles. The van der Waals surface area contributed by atoms with E-state index in [1.54, 1.807) is 0 Å². The van der Waals surface area contributed by atoms with Gasteiger partial charge in [0.1, 0.15) is 0 Å². The maximum Gasteiger partial charge on any atom is 2.00 e. The summed E-state index contributed by atoms with van der Waals surface area (Å²) < 4.78 is 0. The molecule has 2 aromatic rings. The van der Waals surface area contributed by atoms with Crippen molar-refractivity contribution < 1.29 is 35.0 Å². The van der Waals surface area contributed by atoms with Crippen LogP contribution in [0.5, 0.6) is 11.5 Å². The molecule has 0 unspecified atom stereocenters. The van der Waals surface area contributed by atoms with Crippen molar-refractivity contribution in [1.29, 1.82) is 0 Å². The molecule has 0 saturated carbocycles. The Hall–Kier alpha value is 0.152. The molecule has 0 heterocycles. The first-order valence-electron chi connectivity index (χ1n) is 11.0. The second-order valence-corrected chi connectivity index (χ2v) is 12.8. The first-order valence-corrected chi connectivity index (χ1v) is 11.0. The van der Waals surface area contributed by atoms with E-state index in [0.29, 0.717) is 0 Å². The SMILES string of the molecule is CC(C)(C)c1cc(-c2cc(C(C)(C)C)c([O-])c(C(C)(C)C)c2)cc(C(C)(C)C)c1[O-].[Cl-].[Cl-].[Mg+2].[Mg+2]. The molecular formula is C28H40Cl2Mg2O2. The molecule has 2 nitrogen and oxygen atoms in total. The van der Waals surface area contributed by atoms with Crippen LogP contribution in [0, 0.1) is 0 Å². The molecule has 0 bridgehead atoms. The van der Waals surface area contributed by atoms with E-state index in [1.165, 1.54) is 0 Å². The molecule has 0 aliphatic rings. The molecule has 34 heavy (non-hydrogen) atoms. The Labute approximate surface area is 253 Å². The van der Waals surface area contributed by atoms with Crippen LogP contribution >= 0.6 is 0 Å². The van der Waals surface area contributed by atoms with Gasteiger partial charge in [-0.25, -0.2) is 0 Å². The first-order chi connectivity index (χ1) is 13.2. The van der Waals surface area contributed by atoms with Crippen molar-refractivity contribution in [3.63, 3.8) is 0 Å². The Morgan fingerprint density at radius 1 is 0.412 bits per heavy atom. The molecule has 0 aliphatic carbocycles. The summed E-state index contributed by atoms with van der Waals surface area (Å²) in [5, 5.41) is 26.6. The summed E-state index contributed by atoms with van der Waals surface area (Å²) in [6, 6.07) is 8.15. The molecule has 0 saturated heterocycles. The Balaban J connectivity index is -0.00000240. The summed E-state index contributed by atoms with van der Waals surface area (Å²) in [6.07, 6.45) is 0. The maximum absolute atomic E-state index is 13.3. The minimum atomic E-state index is -0.259. The number of benzene rings is 2. The fourth-order valence-corrected chi connectivity index (χ4v) is 3.82. The van der Waals surface area contributed by atoms with E-state index < -0.39 is 0 Å². The minimum absolute atomic E-state index is 0. The normalized spacial score (nSPS) is 12.0. The third-order valence-electron chi connectivity index (χ3n) is 5.74. The van der Waals surface area contributed by atoms with Crippen molar-refractivity contribution in [1.82, 2.24) is 0 Å². The van der Waals surface area contributed by atoms with Crippen LogP contribution in [0.4, 0.5) is 0 Å². The minimum Gasteiger partial charge on any atom is -1.00 e. The number of hydrogen-bond acceptors (Lipinski definition) is 2. The van der Waals surface area contributed by atoms with Crippen LogP contribution in [0.15, 0.2) is 24.3 Å². The van der Waals surface area contributed by atoms with Crippen molar-refractivity contribution in [2.75, 3.05) is 0 Å². The van der Waals surface area contributed by atoms with Gasteiger partial charge in [0, 0.05) is 0 Å². The molecule has 0 aromatic heterocycles. The predicted molar refractivity (Wildman–Crippen MR) is 137 cm³/mol. The smallest absolute Gasteiger partial charge is 1.00 e. The van der Waals surface area contributed by atoms with E-state index in [2.05, 4.69) is 83.1 Å². The van der Waals surface area contributed by atoms with Crippen molar-refractivity contribution in [3.8, 4) is 22.6 Å². The standard InChI is InChI=1S/C28H42O2.2ClH.2Mg/c1-25(2,3)19-13-17(14-20(23(19)29)26(4,5)6)18-15-21(27(7,8)9)24(30)22(16-18)28(10,11)12;;;;/h13-16,29-30H,1-12H3;2*1H;;/q;;;2*+2/p-4. The van der Waals surface area contributed by atoms with E-state index in [0.717, 1.165) is 33.4 Å². The summed E-state index contributed by atoms with van der Waals surface area (Å²) in [7, 11) is 0. The molecular weight excluding hydrogens is 488 g/mol. The van der Waals surface area contributed by atoms with Crippen LogP contribution in [-0.2, 0) is 21.7 Å². The van der Waals surface area contributed by atoms with Gasteiger partial charge in [-0.1, -0.05) is 107 Å². The topological polar surface area (TPSA) is 46.1 Å². The van der Waals surface area contributed by atoms with Crippen LogP contribution in [0.1, 0.15) is 105 Å². The van der Waals surface area contributed by atoms with Gasteiger partial charge in [0.25, 0.3) is 0 Å². The van der Waals surface area contributed by atoms with Crippen molar-refractivity contribution in [2.24, 2.45) is 0 Å². The Kier molecular flexibility index (Phi) is 14.3. The van der Waals surface area contributed by atoms with Gasteiger partial charge in [0.15, 0.2) is 0 Å². The van der Waals surface area contributed by atoms with Gasteiger partial charge in [0.2, 0.25) is 0 Å². The van der Waals surface area contributed by atoms with Gasteiger partial charge in [-0.05, 0) is 55.0 Å². The molecule has 0 spiro atoms. The zero-order valence-corrected chi connectivity index (χ0v) is 27.6. The fourth-order valence-electron chi connectivity index (χ4n) is 3.82. The van der Waals surface area contributed by atoms with Crippen LogP contribution in [-0.4, -0.2) is 46.1 Å². The van der Waals surface area contributed by atoms with Gasteiger partial charge in [-0.3, -0.25) is 0 Å². The van der Waals surface area contributed by atoms with Crippen molar-refractivity contribution >= 4 is 46.1 Å². The monoisotopic (exact) mass is 526 g/mol. The van der Waals surface area contributed by atoms with E-state index >= 15 is 0 Å². The van der Waals surface area contributed by atoms with Crippen LogP contribution in [0.2, 0.25) is 0 Å². The Morgan fingerprint density at radius 3 is 0.676 bits per heavy atom. The van der Waals surface area contributed by atoms with Crippen LogP contribution in [0.3, 0.4) is 0 Å². The van der Waals surface area contributed by atoms with E-state index in [4.69, 9.17) is 0 Å². The maximum atomic E-state index is 13.3. The van der Waals surface area contributed by atoms with Gasteiger partial charge in [-0.15, -0.1) is 11.5 Å². The van der Waals surface area contributed by atoms with Gasteiger partial charge in [0.05, 0.1) is 0 Å². The predicted octanol–water partition coefficient (Wildman–Crippen LogP) is -0.0628. The summed E-state index contributed by atoms with van der Waals surface area (Å²) in [4.78, 5) is 0. The van der Waals surface area contributed by atoms with Crippen LogP contribution in [0.25, 0.3) is 11.1 Å². The molecule has 2 rings (SSSR count). The second kappa shape index (κ2) is 12.6. The third-order valence-corrected chi connectivity index (χ3v) is 5.74. The van der Waals surface area contributed by atoms with Crippen molar-refractivity contribution in [3.05, 3.63) is 46.5 Å². The summed E-state index contributed by atoms with van der Waals surface area (Å²) in [6.45, 7) is 25.0. The average molecular weight is 528 g/mol. The van der Waals surface area contributed by atoms with E-state index in [-0.39, 0.29) is 104 Å². The molecule has 2 aromatic carbocycles. The van der Waals surface area contributed by atoms with Crippen LogP contribution < -0.4 is 35.0 Å². The summed E-state index contributed by atoms with van der Waals surface area (Å²) in [5.41, 5.74) is 4.29. The third kappa shape index (κ3) is 8.62. The summed E-state index contributed by atoms with van der Waals surface area (Å²) >= 11 is 0. The first kappa shape index (κ1) is 38.7. The van der Waals surface area contributed by atoms with Gasteiger partial charge < -0.3 is 35.0 Å². The summed E-state index contributed by atoms with van der Waals surface area (Å²) in [5.74, 6) is 0.262. The van der Waals surface area contributed by atoms with E-state index in [9.17, 15) is 10.2 Å². The van der Waals surface area contributed by atoms with Crippen molar-refractivity contribution in [2.45, 2.75) is 105 Å². The molecule has 0 atom stereocenters. The number of hydrogen-bond donors (Lipinski definition) is 0. The van der Waals surface area contributed by atoms with E-state index in [1.807, 2.05) is 24.3 Å². The Bertz CT molecular complexity index is 809. The molecule has 0 radical (unpaired) electrons. The largest absolute Gasteiger partial charge is 2.00 e. The zero-order valence-electron chi connectivity index (χ0n) is 23.3. The molecule has 6 heteroatoms. The van der Waals surface area contributed by atoms with Gasteiger partial charge >= 0.3 is 46.1 Å². The fraction of sp³-hybridized carbons (Fsp3) is 0.571. The number of halogens is 2. The molecule has 0 amide bonds. The number of rotatable bonds is 1. The van der Waals surface area contributed by atoms with Gasteiger partial charge in [-0.2, -0.15) is 0 Å². The molecule has 182 valence electrons. The molecule has 0 fully saturated rings. The average Bonchev–Trinajstić information content (AvgIpc) is 2.50. The zero-order chi connectivity index (χ0) is 23.4. The second-order valence-electron chi connectivity index (χ2n) is 12.8. The Morgan fingerprint density at radius 2 is 0.559 bits per heavy atom.